The molecule has 0 nitrogen and oxygen atoms in total. The van der Waals surface area contributed by atoms with Gasteiger partial charge in [-0.15, -0.1) is 0 Å². The predicted molar refractivity (Wildman–Crippen MR) is 170 cm³/mol. The summed E-state index contributed by atoms with van der Waals surface area (Å²) in [5, 5.41) is 0. The van der Waals surface area contributed by atoms with Crippen LogP contribution in [0, 0.1) is 22.7 Å². The molecule has 0 amide bonds. The molecular weight excluding hydrogens is 456 g/mol. The van der Waals surface area contributed by atoms with Crippen LogP contribution in [0.2, 0.25) is 0 Å². The van der Waals surface area contributed by atoms with E-state index in [-0.39, 0.29) is 10.8 Å². The van der Waals surface area contributed by atoms with Crippen LogP contribution < -0.4 is 0 Å². The van der Waals surface area contributed by atoms with E-state index < -0.39 is 0 Å². The van der Waals surface area contributed by atoms with Gasteiger partial charge in [0.2, 0.25) is 0 Å². The minimum absolute atomic E-state index is 0.258. The van der Waals surface area contributed by atoms with E-state index in [9.17, 15) is 0 Å². The molecule has 0 N–H and O–H groups in total. The van der Waals surface area contributed by atoms with Crippen LogP contribution in [-0.4, -0.2) is 0 Å². The van der Waals surface area contributed by atoms with E-state index in [1.165, 1.54) is 50.1 Å². The zero-order valence-electron chi connectivity index (χ0n) is 26.0. The van der Waals surface area contributed by atoms with Crippen LogP contribution in [0.15, 0.2) is 78.9 Å². The molecule has 0 fully saturated rings. The Balaban J connectivity index is 1.83. The molecule has 0 saturated carbocycles. The first-order valence-corrected chi connectivity index (χ1v) is 14.5. The molecule has 2 aromatic rings. The molecule has 38 heavy (non-hydrogen) atoms. The van der Waals surface area contributed by atoms with Crippen molar-refractivity contribution >= 4 is 11.1 Å². The van der Waals surface area contributed by atoms with Gasteiger partial charge in [0, 0.05) is 5.92 Å². The lowest BCUT2D eigenvalue weighted by Crippen LogP contribution is -2.13. The number of hydrogen-bond acceptors (Lipinski definition) is 0. The minimum atomic E-state index is 0.258. The summed E-state index contributed by atoms with van der Waals surface area (Å²) in [7, 11) is 0. The van der Waals surface area contributed by atoms with Gasteiger partial charge in [-0.25, -0.2) is 0 Å². The predicted octanol–water partition coefficient (Wildman–Crippen LogP) is 11.2. The van der Waals surface area contributed by atoms with E-state index in [0.717, 1.165) is 19.3 Å². The Morgan fingerprint density at radius 1 is 0.789 bits per heavy atom. The summed E-state index contributed by atoms with van der Waals surface area (Å²) in [5.41, 5.74) is 12.6. The standard InChI is InChI=1S/C38H52/c1-25(2)29(6)32-13-15-33(16-14-32)36-18-26(3)17-35(36)28(5)19-27(4)34-21-30(23-37(7,8)9)20-31(22-34)24-38(10,11)12/h13-18,20-22,25,28,36H,4,6,19,23-24H2,1-3,5,7-12H3/t28-,36?/m1/s1. The molecule has 2 aromatic carbocycles. The van der Waals surface area contributed by atoms with Gasteiger partial charge in [0.1, 0.15) is 0 Å². The van der Waals surface area contributed by atoms with Crippen LogP contribution in [-0.2, 0) is 12.8 Å². The van der Waals surface area contributed by atoms with Gasteiger partial charge in [0.05, 0.1) is 0 Å². The molecule has 0 spiro atoms. The van der Waals surface area contributed by atoms with Gasteiger partial charge in [0.15, 0.2) is 0 Å². The van der Waals surface area contributed by atoms with Crippen molar-refractivity contribution in [1.82, 2.24) is 0 Å². The zero-order chi connectivity index (χ0) is 28.4. The van der Waals surface area contributed by atoms with Crippen LogP contribution in [0.4, 0.5) is 0 Å². The third-order valence-corrected chi connectivity index (χ3v) is 7.57. The first-order valence-electron chi connectivity index (χ1n) is 14.5. The van der Waals surface area contributed by atoms with Crippen molar-refractivity contribution < 1.29 is 0 Å². The van der Waals surface area contributed by atoms with Crippen molar-refractivity contribution in [3.63, 3.8) is 0 Å². The first kappa shape index (κ1) is 29.9. The molecular formula is C38H52. The fourth-order valence-corrected chi connectivity index (χ4v) is 5.74. The largest absolute Gasteiger partial charge is 0.0952 e. The van der Waals surface area contributed by atoms with Crippen LogP contribution >= 0.6 is 0 Å². The Morgan fingerprint density at radius 2 is 1.32 bits per heavy atom. The Kier molecular flexibility index (Phi) is 9.18. The summed E-state index contributed by atoms with van der Waals surface area (Å²) in [6, 6.07) is 16.3. The molecule has 0 heterocycles. The normalized spacial score (nSPS) is 16.9. The SMILES string of the molecule is C=C(C[C@@H](C)C1=CC(C)=CC1c1ccc(C(=C)C(C)C)cc1)c1cc(CC(C)(C)C)cc(CC(C)(C)C)c1. The monoisotopic (exact) mass is 508 g/mol. The lowest BCUT2D eigenvalue weighted by Gasteiger charge is -2.24. The van der Waals surface area contributed by atoms with Gasteiger partial charge in [0.25, 0.3) is 0 Å². The van der Waals surface area contributed by atoms with Gasteiger partial charge in [-0.05, 0) is 87.8 Å². The highest BCUT2D eigenvalue weighted by Crippen LogP contribution is 2.41. The number of benzene rings is 2. The van der Waals surface area contributed by atoms with Gasteiger partial charge in [-0.2, -0.15) is 0 Å². The molecule has 0 aliphatic heterocycles. The van der Waals surface area contributed by atoms with Crippen molar-refractivity contribution in [3.8, 4) is 0 Å². The fourth-order valence-electron chi connectivity index (χ4n) is 5.74. The van der Waals surface area contributed by atoms with E-state index in [0.29, 0.717) is 17.8 Å². The smallest absolute Gasteiger partial charge is 0.0239 e. The molecule has 1 aliphatic rings. The van der Waals surface area contributed by atoms with Gasteiger partial charge < -0.3 is 0 Å². The summed E-state index contributed by atoms with van der Waals surface area (Å²) in [6.07, 6.45) is 7.96. The number of hydrogen-bond donors (Lipinski definition) is 0. The van der Waals surface area contributed by atoms with E-state index in [1.807, 2.05) is 0 Å². The van der Waals surface area contributed by atoms with Crippen molar-refractivity contribution in [2.75, 3.05) is 0 Å². The molecule has 1 aliphatic carbocycles. The average Bonchev–Trinajstić information content (AvgIpc) is 3.18. The Hall–Kier alpha value is -2.60. The molecule has 0 bridgehead atoms. The zero-order valence-corrected chi connectivity index (χ0v) is 26.0. The maximum atomic E-state index is 4.62. The van der Waals surface area contributed by atoms with Crippen molar-refractivity contribution in [3.05, 3.63) is 107 Å². The maximum Gasteiger partial charge on any atom is 0.0239 e. The second kappa shape index (κ2) is 11.6. The van der Waals surface area contributed by atoms with Crippen LogP contribution in [0.5, 0.6) is 0 Å². The molecule has 0 saturated heterocycles. The fraction of sp³-hybridized carbons (Fsp3) is 0.474. The molecule has 1 unspecified atom stereocenters. The highest BCUT2D eigenvalue weighted by atomic mass is 14.3. The molecule has 0 aromatic heterocycles. The quantitative estimate of drug-likeness (QED) is 0.316. The molecule has 0 heteroatoms. The summed E-state index contributed by atoms with van der Waals surface area (Å²) in [4.78, 5) is 0. The minimum Gasteiger partial charge on any atom is -0.0952 e. The van der Waals surface area contributed by atoms with E-state index in [4.69, 9.17) is 0 Å². The van der Waals surface area contributed by atoms with E-state index in [2.05, 4.69) is 137 Å². The van der Waals surface area contributed by atoms with Crippen LogP contribution in [0.1, 0.15) is 109 Å². The third-order valence-electron chi connectivity index (χ3n) is 7.57. The summed E-state index contributed by atoms with van der Waals surface area (Å²) in [5.74, 6) is 1.22. The maximum absolute atomic E-state index is 4.62. The lowest BCUT2D eigenvalue weighted by molar-refractivity contribution is 0.405. The van der Waals surface area contributed by atoms with Gasteiger partial charge in [-0.3, -0.25) is 0 Å². The Bertz CT molecular complexity index is 1180. The van der Waals surface area contributed by atoms with E-state index in [1.54, 1.807) is 0 Å². The second-order valence-corrected chi connectivity index (χ2v) is 14.6. The first-order chi connectivity index (χ1) is 17.5. The van der Waals surface area contributed by atoms with Crippen LogP contribution in [0.3, 0.4) is 0 Å². The Labute approximate surface area is 234 Å². The van der Waals surface area contributed by atoms with Crippen molar-refractivity contribution in [1.29, 1.82) is 0 Å². The summed E-state index contributed by atoms with van der Waals surface area (Å²) in [6.45, 7) is 31.9. The second-order valence-electron chi connectivity index (χ2n) is 14.6. The molecule has 204 valence electrons. The molecule has 3 rings (SSSR count). The molecule has 0 radical (unpaired) electrons. The number of allylic oxidation sites excluding steroid dienone is 6. The highest BCUT2D eigenvalue weighted by molar-refractivity contribution is 5.67. The summed E-state index contributed by atoms with van der Waals surface area (Å²) < 4.78 is 0. The van der Waals surface area contributed by atoms with Gasteiger partial charge >= 0.3 is 0 Å². The highest BCUT2D eigenvalue weighted by Gasteiger charge is 2.25. The topological polar surface area (TPSA) is 0 Å². The van der Waals surface area contributed by atoms with Gasteiger partial charge in [-0.1, -0.05) is 141 Å². The Morgan fingerprint density at radius 3 is 1.79 bits per heavy atom. The molecule has 2 atom stereocenters. The lowest BCUT2D eigenvalue weighted by atomic mass is 9.80. The van der Waals surface area contributed by atoms with Crippen LogP contribution in [0.25, 0.3) is 11.1 Å². The van der Waals surface area contributed by atoms with E-state index >= 15 is 0 Å². The number of rotatable bonds is 9. The average molecular weight is 509 g/mol. The summed E-state index contributed by atoms with van der Waals surface area (Å²) >= 11 is 0. The van der Waals surface area contributed by atoms with Crippen molar-refractivity contribution in [2.24, 2.45) is 22.7 Å². The third kappa shape index (κ3) is 8.20. The van der Waals surface area contributed by atoms with Crippen molar-refractivity contribution in [2.45, 2.75) is 94.4 Å².